The molecule has 0 unspecified atom stereocenters. The molecule has 7 nitrogen and oxygen atoms in total. The number of carbonyl (C=O) groups excluding carboxylic acids is 1. The second kappa shape index (κ2) is 9.17. The molecule has 1 aromatic carbocycles. The summed E-state index contributed by atoms with van der Waals surface area (Å²) in [7, 11) is -3.14. The number of nitrogens with one attached hydrogen (secondary N) is 1. The van der Waals surface area contributed by atoms with Crippen LogP contribution in [0.5, 0.6) is 5.75 Å². The van der Waals surface area contributed by atoms with Crippen LogP contribution < -0.4 is 10.1 Å². The average molecular weight is 369 g/mol. The molecule has 0 spiro atoms. The van der Waals surface area contributed by atoms with E-state index in [-0.39, 0.29) is 5.91 Å². The Balaban J connectivity index is 1.82. The smallest absolute Gasteiger partial charge is 0.225 e. The average Bonchev–Trinajstić information content (AvgIpc) is 2.80. The zero-order chi connectivity index (χ0) is 18.3. The summed E-state index contributed by atoms with van der Waals surface area (Å²) in [5.41, 5.74) is 0.675. The van der Waals surface area contributed by atoms with E-state index in [0.717, 1.165) is 13.0 Å². The Morgan fingerprint density at radius 2 is 1.96 bits per heavy atom. The van der Waals surface area contributed by atoms with Crippen LogP contribution in [0, 0.1) is 0 Å². The lowest BCUT2D eigenvalue weighted by Gasteiger charge is -2.20. The molecule has 1 saturated heterocycles. The van der Waals surface area contributed by atoms with Gasteiger partial charge in [-0.15, -0.1) is 0 Å². The molecule has 1 aliphatic rings. The Kier molecular flexibility index (Phi) is 7.22. The third-order valence-electron chi connectivity index (χ3n) is 4.13. The van der Waals surface area contributed by atoms with Gasteiger partial charge < -0.3 is 15.0 Å². The molecule has 25 heavy (non-hydrogen) atoms. The van der Waals surface area contributed by atoms with Crippen LogP contribution in [-0.4, -0.2) is 69.1 Å². The van der Waals surface area contributed by atoms with Crippen LogP contribution in [0.25, 0.3) is 0 Å². The maximum absolute atomic E-state index is 12.2. The van der Waals surface area contributed by atoms with Gasteiger partial charge in [-0.3, -0.25) is 4.79 Å². The van der Waals surface area contributed by atoms with E-state index < -0.39 is 10.0 Å². The quantitative estimate of drug-likeness (QED) is 0.786. The van der Waals surface area contributed by atoms with Crippen LogP contribution in [0.3, 0.4) is 0 Å². The molecule has 1 heterocycles. The van der Waals surface area contributed by atoms with Gasteiger partial charge in [0.1, 0.15) is 5.75 Å². The van der Waals surface area contributed by atoms with E-state index in [0.29, 0.717) is 50.6 Å². The lowest BCUT2D eigenvalue weighted by molar-refractivity contribution is -0.116. The molecule has 1 fully saturated rings. The summed E-state index contributed by atoms with van der Waals surface area (Å²) >= 11 is 0. The minimum atomic E-state index is -3.14. The van der Waals surface area contributed by atoms with Crippen LogP contribution >= 0.6 is 0 Å². The standard InChI is InChI=1S/C17H27N3O4S/c1-3-24-16-8-5-4-7-15(16)18-17(21)9-12-19-10-6-11-20(14-13-19)25(2,22)23/h4-5,7-8H,3,6,9-14H2,1-2H3,(H,18,21). The molecule has 0 saturated carbocycles. The number of sulfonamides is 1. The molecule has 8 heteroatoms. The fourth-order valence-corrected chi connectivity index (χ4v) is 3.70. The molecule has 1 N–H and O–H groups in total. The summed E-state index contributed by atoms with van der Waals surface area (Å²) < 4.78 is 30.3. The van der Waals surface area contributed by atoms with Crippen molar-refractivity contribution < 1.29 is 17.9 Å². The maximum atomic E-state index is 12.2. The summed E-state index contributed by atoms with van der Waals surface area (Å²) in [6.07, 6.45) is 2.38. The van der Waals surface area contributed by atoms with Crippen LogP contribution in [-0.2, 0) is 14.8 Å². The normalized spacial score (nSPS) is 17.0. The Bertz CT molecular complexity index is 678. The van der Waals surface area contributed by atoms with Crippen molar-refractivity contribution in [1.82, 2.24) is 9.21 Å². The fourth-order valence-electron chi connectivity index (χ4n) is 2.83. The number of para-hydroxylation sites is 2. The molecule has 1 aromatic rings. The molecule has 0 bridgehead atoms. The predicted octanol–water partition coefficient (Wildman–Crippen LogP) is 1.38. The number of hydrogen-bond acceptors (Lipinski definition) is 5. The number of benzene rings is 1. The maximum Gasteiger partial charge on any atom is 0.225 e. The van der Waals surface area contributed by atoms with Crippen LogP contribution in [0.4, 0.5) is 5.69 Å². The Hall–Kier alpha value is -1.64. The summed E-state index contributed by atoms with van der Waals surface area (Å²) in [5, 5.41) is 2.89. The Morgan fingerprint density at radius 3 is 2.68 bits per heavy atom. The summed E-state index contributed by atoms with van der Waals surface area (Å²) in [6, 6.07) is 7.37. The molecule has 140 valence electrons. The Morgan fingerprint density at radius 1 is 1.20 bits per heavy atom. The molecule has 0 aliphatic carbocycles. The van der Waals surface area contributed by atoms with Gasteiger partial charge in [0.25, 0.3) is 0 Å². The summed E-state index contributed by atoms with van der Waals surface area (Å²) in [4.78, 5) is 14.4. The van der Waals surface area contributed by atoms with Crippen molar-refractivity contribution in [2.24, 2.45) is 0 Å². The lowest BCUT2D eigenvalue weighted by atomic mass is 10.2. The van der Waals surface area contributed by atoms with Gasteiger partial charge in [0, 0.05) is 32.6 Å². The minimum Gasteiger partial charge on any atom is -0.492 e. The first kappa shape index (κ1) is 19.7. The second-order valence-electron chi connectivity index (χ2n) is 6.08. The second-order valence-corrected chi connectivity index (χ2v) is 8.07. The van der Waals surface area contributed by atoms with Crippen molar-refractivity contribution in [3.05, 3.63) is 24.3 Å². The topological polar surface area (TPSA) is 79.0 Å². The largest absolute Gasteiger partial charge is 0.492 e. The first-order chi connectivity index (χ1) is 11.9. The number of rotatable bonds is 7. The van der Waals surface area contributed by atoms with Gasteiger partial charge in [-0.25, -0.2) is 12.7 Å². The van der Waals surface area contributed by atoms with E-state index in [4.69, 9.17) is 4.74 Å². The monoisotopic (exact) mass is 369 g/mol. The highest BCUT2D eigenvalue weighted by Crippen LogP contribution is 2.23. The predicted molar refractivity (Wildman–Crippen MR) is 98.3 cm³/mol. The number of hydrogen-bond donors (Lipinski definition) is 1. The highest BCUT2D eigenvalue weighted by molar-refractivity contribution is 7.88. The first-order valence-corrected chi connectivity index (χ1v) is 10.4. The van der Waals surface area contributed by atoms with Crippen LogP contribution in [0.1, 0.15) is 19.8 Å². The van der Waals surface area contributed by atoms with Gasteiger partial charge in [0.2, 0.25) is 15.9 Å². The number of ether oxygens (including phenoxy) is 1. The molecule has 2 rings (SSSR count). The van der Waals surface area contributed by atoms with Crippen LogP contribution in [0.2, 0.25) is 0 Å². The van der Waals surface area contributed by atoms with Crippen molar-refractivity contribution in [2.45, 2.75) is 19.8 Å². The molecule has 0 radical (unpaired) electrons. The van der Waals surface area contributed by atoms with Gasteiger partial charge in [0.15, 0.2) is 0 Å². The molecular formula is C17H27N3O4S. The van der Waals surface area contributed by atoms with Crippen molar-refractivity contribution in [3.8, 4) is 5.75 Å². The minimum absolute atomic E-state index is 0.0728. The van der Waals surface area contributed by atoms with E-state index in [1.54, 1.807) is 0 Å². The number of carbonyl (C=O) groups is 1. The summed E-state index contributed by atoms with van der Waals surface area (Å²) in [5.74, 6) is 0.591. The van der Waals surface area contributed by atoms with E-state index in [1.807, 2.05) is 31.2 Å². The van der Waals surface area contributed by atoms with Gasteiger partial charge in [0.05, 0.1) is 18.6 Å². The van der Waals surface area contributed by atoms with Gasteiger partial charge in [-0.05, 0) is 32.0 Å². The number of anilines is 1. The zero-order valence-electron chi connectivity index (χ0n) is 14.9. The Labute approximate surface area is 150 Å². The third kappa shape index (κ3) is 6.30. The van der Waals surface area contributed by atoms with Crippen LogP contribution in [0.15, 0.2) is 24.3 Å². The van der Waals surface area contributed by atoms with E-state index in [9.17, 15) is 13.2 Å². The SMILES string of the molecule is CCOc1ccccc1NC(=O)CCN1CCCN(S(C)(=O)=O)CC1. The fraction of sp³-hybridized carbons (Fsp3) is 0.588. The molecular weight excluding hydrogens is 342 g/mol. The van der Waals surface area contributed by atoms with E-state index >= 15 is 0 Å². The number of nitrogens with zero attached hydrogens (tertiary/aromatic N) is 2. The number of amides is 1. The zero-order valence-corrected chi connectivity index (χ0v) is 15.7. The third-order valence-corrected chi connectivity index (χ3v) is 5.44. The van der Waals surface area contributed by atoms with E-state index in [2.05, 4.69) is 10.2 Å². The highest BCUT2D eigenvalue weighted by Gasteiger charge is 2.21. The molecule has 0 atom stereocenters. The lowest BCUT2D eigenvalue weighted by Crippen LogP contribution is -2.35. The van der Waals surface area contributed by atoms with Crippen molar-refractivity contribution in [2.75, 3.05) is 50.9 Å². The van der Waals surface area contributed by atoms with Gasteiger partial charge in [-0.1, -0.05) is 12.1 Å². The first-order valence-electron chi connectivity index (χ1n) is 8.59. The molecule has 1 amide bonds. The molecule has 1 aliphatic heterocycles. The van der Waals surface area contributed by atoms with Crippen molar-refractivity contribution in [3.63, 3.8) is 0 Å². The van der Waals surface area contributed by atoms with Gasteiger partial charge in [-0.2, -0.15) is 0 Å². The molecule has 0 aromatic heterocycles. The van der Waals surface area contributed by atoms with E-state index in [1.165, 1.54) is 10.6 Å². The van der Waals surface area contributed by atoms with Gasteiger partial charge >= 0.3 is 0 Å². The highest BCUT2D eigenvalue weighted by atomic mass is 32.2. The van der Waals surface area contributed by atoms with Crippen molar-refractivity contribution >= 4 is 21.6 Å². The van der Waals surface area contributed by atoms with Crippen molar-refractivity contribution in [1.29, 1.82) is 0 Å². The summed E-state index contributed by atoms with van der Waals surface area (Å²) in [6.45, 7) is 5.52.